The lowest BCUT2D eigenvalue weighted by molar-refractivity contribution is 0.229. The molecule has 20 rings (SSSR count). The van der Waals surface area contributed by atoms with Crippen molar-refractivity contribution in [2.75, 3.05) is 186 Å². The molecule has 0 saturated carbocycles. The summed E-state index contributed by atoms with van der Waals surface area (Å²) in [6, 6.07) is 42.0. The summed E-state index contributed by atoms with van der Waals surface area (Å²) in [5.74, 6) is 3.49. The van der Waals surface area contributed by atoms with Crippen molar-refractivity contribution >= 4 is 139 Å². The number of hydrogen-bond donors (Lipinski definition) is 2. The summed E-state index contributed by atoms with van der Waals surface area (Å²) >= 11 is 13.4. The molecule has 114 heavy (non-hydrogen) atoms. The van der Waals surface area contributed by atoms with E-state index in [4.69, 9.17) is 32.3 Å². The molecule has 0 atom stereocenters. The van der Waals surface area contributed by atoms with Crippen molar-refractivity contribution < 1.29 is 1.43 Å². The predicted molar refractivity (Wildman–Crippen MR) is 482 cm³/mol. The average Bonchev–Trinajstić information content (AvgIpc) is 1.83. The Labute approximate surface area is 699 Å². The van der Waals surface area contributed by atoms with Gasteiger partial charge in [0.15, 0.2) is 0 Å². The van der Waals surface area contributed by atoms with Gasteiger partial charge in [0, 0.05) is 187 Å². The molecule has 4 fully saturated rings. The van der Waals surface area contributed by atoms with Crippen LogP contribution in [0, 0.1) is 0 Å². The maximum absolute atomic E-state index is 6.04. The molecule has 4 saturated heterocycles. The molecule has 0 radical (unpaired) electrons. The molecule has 8 aromatic heterocycles. The number of nitrogens with zero attached hydrogens (tertiary/aromatic N) is 18. The number of halogens is 2. The Morgan fingerprint density at radius 2 is 0.702 bits per heavy atom. The molecular formula is C88H108Cl2N20S4. The highest BCUT2D eigenvalue weighted by molar-refractivity contribution is 7.20. The van der Waals surface area contributed by atoms with Gasteiger partial charge in [-0.25, -0.2) is 39.9 Å². The molecule has 4 aliphatic carbocycles. The van der Waals surface area contributed by atoms with Gasteiger partial charge in [0.1, 0.15) is 67.2 Å². The van der Waals surface area contributed by atoms with Crippen LogP contribution in [0.2, 0.25) is 5.15 Å². The molecule has 0 spiro atoms. The summed E-state index contributed by atoms with van der Waals surface area (Å²) in [6.07, 6.45) is 21.4. The number of aliphatic imine (C=N–C) groups is 2. The quantitative estimate of drug-likeness (QED) is 0.0608. The highest BCUT2D eigenvalue weighted by Gasteiger charge is 2.30. The monoisotopic (exact) mass is 1640 g/mol. The molecule has 8 aliphatic rings. The fourth-order valence-electron chi connectivity index (χ4n) is 17.0. The van der Waals surface area contributed by atoms with Gasteiger partial charge < -0.3 is 30.7 Å². The summed E-state index contributed by atoms with van der Waals surface area (Å²) in [4.78, 5) is 76.1. The summed E-state index contributed by atoms with van der Waals surface area (Å²) in [7, 11) is 4.29. The van der Waals surface area contributed by atoms with E-state index in [0.717, 1.165) is 197 Å². The van der Waals surface area contributed by atoms with Crippen LogP contribution in [-0.4, -0.2) is 247 Å². The number of nitrogens with one attached hydrogen (secondary N) is 1. The van der Waals surface area contributed by atoms with Crippen molar-refractivity contribution in [3.05, 3.63) is 216 Å². The van der Waals surface area contributed by atoms with Crippen molar-refractivity contribution in [1.82, 2.24) is 69.7 Å². The van der Waals surface area contributed by atoms with Crippen molar-refractivity contribution in [2.24, 2.45) is 15.7 Å². The fraction of sp³-hybridized carbons (Fsp3) is 0.432. The molecule has 4 aromatic carbocycles. The van der Waals surface area contributed by atoms with Crippen LogP contribution in [0.4, 0.5) is 17.5 Å². The van der Waals surface area contributed by atoms with Gasteiger partial charge in [-0.05, 0) is 113 Å². The number of thiophene rings is 4. The molecule has 4 aliphatic heterocycles. The number of rotatable bonds is 18. The van der Waals surface area contributed by atoms with Gasteiger partial charge in [-0.15, -0.1) is 57.8 Å². The molecule has 0 amide bonds. The Kier molecular flexibility index (Phi) is 28.4. The third-order valence-electron chi connectivity index (χ3n) is 23.0. The average molecular weight is 1650 g/mol. The number of anilines is 3. The number of aromatic nitrogens is 8. The maximum Gasteiger partial charge on any atom is 0.141 e. The SMILES string of the molecule is CN(C)CCN1CCN(c2ncnc3sc4c(c23)CCC4)CC1.Cl.Clc1ncnc2sc3c(c12)CCC3.NCCN1CCN(c2ncnc3sc4c(c23)CCC4)CC1.[2HH].c1ccc(C(=NCCN2CCN(c3ncnc4sc5c(c34)CCC5)CC2)c2ccccc2)cc1.c1ccc(C(=NCCN2CCNCC2)c2ccccc2)cc1. The Balaban J connectivity index is 0.000000122. The fourth-order valence-corrected chi connectivity index (χ4v) is 22.2. The molecule has 26 heteroatoms. The second-order valence-electron chi connectivity index (χ2n) is 30.5. The van der Waals surface area contributed by atoms with Crippen molar-refractivity contribution in [1.29, 1.82) is 0 Å². The Hall–Kier alpha value is -7.92. The number of benzene rings is 4. The highest BCUT2D eigenvalue weighted by Crippen LogP contribution is 2.44. The van der Waals surface area contributed by atoms with Gasteiger partial charge in [0.25, 0.3) is 0 Å². The molecular weight excluding hydrogens is 1540 g/mol. The normalized spacial score (nSPS) is 16.9. The molecule has 598 valence electrons. The first kappa shape index (κ1) is 81.2. The minimum atomic E-state index is 0. The van der Waals surface area contributed by atoms with Crippen LogP contribution in [0.5, 0.6) is 0 Å². The van der Waals surface area contributed by atoms with Crippen LogP contribution >= 0.6 is 69.4 Å². The van der Waals surface area contributed by atoms with Crippen LogP contribution in [0.25, 0.3) is 40.9 Å². The lowest BCUT2D eigenvalue weighted by Crippen LogP contribution is -2.48. The number of nitrogens with two attached hydrogens (primary N) is 1. The lowest BCUT2D eigenvalue weighted by Gasteiger charge is -2.36. The van der Waals surface area contributed by atoms with Gasteiger partial charge >= 0.3 is 0 Å². The summed E-state index contributed by atoms with van der Waals surface area (Å²) < 4.78 is 0. The molecule has 12 aromatic rings. The second kappa shape index (κ2) is 39.8. The van der Waals surface area contributed by atoms with Gasteiger partial charge in [-0.2, -0.15) is 0 Å². The van der Waals surface area contributed by atoms with Gasteiger partial charge in [0.05, 0.1) is 46.1 Å². The zero-order chi connectivity index (χ0) is 76.7. The topological polar surface area (TPSA) is 192 Å². The number of fused-ring (bicyclic) bond motifs is 12. The molecule has 0 bridgehead atoms. The molecule has 0 unspecified atom stereocenters. The van der Waals surface area contributed by atoms with E-state index >= 15 is 0 Å². The van der Waals surface area contributed by atoms with Gasteiger partial charge in [0.2, 0.25) is 0 Å². The maximum atomic E-state index is 6.04. The van der Waals surface area contributed by atoms with Crippen molar-refractivity contribution in [3.63, 3.8) is 0 Å². The largest absolute Gasteiger partial charge is 0.353 e. The third-order valence-corrected chi connectivity index (χ3v) is 28.1. The first-order valence-electron chi connectivity index (χ1n) is 40.9. The van der Waals surface area contributed by atoms with Crippen LogP contribution in [-0.2, 0) is 51.4 Å². The zero-order valence-electron chi connectivity index (χ0n) is 65.9. The Morgan fingerprint density at radius 3 is 1.04 bits per heavy atom. The first-order chi connectivity index (χ1) is 55.7. The van der Waals surface area contributed by atoms with E-state index in [1.54, 1.807) is 35.2 Å². The summed E-state index contributed by atoms with van der Waals surface area (Å²) in [5, 5.41) is 9.12. The Morgan fingerprint density at radius 1 is 0.395 bits per heavy atom. The highest BCUT2D eigenvalue weighted by atomic mass is 35.5. The number of piperazine rings is 4. The van der Waals surface area contributed by atoms with Crippen LogP contribution in [0.15, 0.2) is 157 Å². The van der Waals surface area contributed by atoms with E-state index < -0.39 is 0 Å². The van der Waals surface area contributed by atoms with Crippen LogP contribution < -0.4 is 25.8 Å². The molecule has 20 nitrogen and oxygen atoms in total. The van der Waals surface area contributed by atoms with E-state index in [1.807, 2.05) is 46.1 Å². The molecule has 12 heterocycles. The van der Waals surface area contributed by atoms with E-state index in [1.165, 1.54) is 173 Å². The smallest absolute Gasteiger partial charge is 0.141 e. The first-order valence-corrected chi connectivity index (χ1v) is 44.6. The van der Waals surface area contributed by atoms with E-state index in [0.29, 0.717) is 5.15 Å². The Bertz CT molecular complexity index is 5070. The minimum absolute atomic E-state index is 0. The lowest BCUT2D eigenvalue weighted by atomic mass is 10.0. The zero-order valence-corrected chi connectivity index (χ0v) is 70.7. The number of hydrogen-bond acceptors (Lipinski definition) is 24. The number of likely N-dealkylation sites (N-methyl/N-ethyl adjacent to an activating group) is 1. The predicted octanol–water partition coefficient (Wildman–Crippen LogP) is 13.9. The summed E-state index contributed by atoms with van der Waals surface area (Å²) in [6.45, 7) is 24.9. The van der Waals surface area contributed by atoms with Crippen molar-refractivity contribution in [2.45, 2.75) is 77.0 Å². The van der Waals surface area contributed by atoms with E-state index in [-0.39, 0.29) is 13.8 Å². The number of aryl methyl sites for hydroxylation is 8. The van der Waals surface area contributed by atoms with E-state index in [9.17, 15) is 0 Å². The van der Waals surface area contributed by atoms with Crippen molar-refractivity contribution in [3.8, 4) is 0 Å². The van der Waals surface area contributed by atoms with Gasteiger partial charge in [-0.1, -0.05) is 133 Å². The van der Waals surface area contributed by atoms with Crippen LogP contribution in [0.1, 0.15) is 91.1 Å². The van der Waals surface area contributed by atoms with Gasteiger partial charge in [-0.3, -0.25) is 29.6 Å². The second-order valence-corrected chi connectivity index (χ2v) is 35.2. The molecule has 3 N–H and O–H groups in total. The minimum Gasteiger partial charge on any atom is -0.353 e. The van der Waals surface area contributed by atoms with Crippen LogP contribution in [0.3, 0.4) is 0 Å². The standard InChI is InChI=1S/C28H29N5S.C19H23N3.C17H25N5S.C15H21N5S.C9H7ClN2S.ClH.H2/c1-3-8-21(9-4-1)26(22-10-5-2-6-11-22)29-14-15-32-16-18-33(19-17-32)27-25-23-12-7-13-24(23)34-28(25)31-20-30-27;1-3-7-17(8-4-1)19(18-9-5-2-6-10-18)21-13-16-22-14-11-20-12-15-22;1-20(2)6-7-21-8-10-22(11-9-21)16-15-13-4-3-5-14(13)23-17(15)19-12-18-16;16-4-5-19-6-8-20(9-7-19)14-13-11-2-1-3-12(11)21-15(13)18-10-17-14;10-8-7-5-2-1-3-6(5)13-9(7)12-4-11-8;;/h1-6,8-11,20H,7,12-19H2;1-10,20H,11-16H2;12H,3-11H2,1-2H3;10H,1-9,16H2;4H,1-3H2;2*1H/i;;;;;;1+1. The third kappa shape index (κ3) is 19.5. The van der Waals surface area contributed by atoms with E-state index in [2.05, 4.69) is 203 Å². The summed E-state index contributed by atoms with van der Waals surface area (Å²) in [5.41, 5.74) is 18.5.